The van der Waals surface area contributed by atoms with Gasteiger partial charge in [0, 0.05) is 18.8 Å². The van der Waals surface area contributed by atoms with Gasteiger partial charge in [0.1, 0.15) is 0 Å². The highest BCUT2D eigenvalue weighted by molar-refractivity contribution is 5.67. The topological polar surface area (TPSA) is 35.5 Å². The van der Waals surface area contributed by atoms with E-state index >= 15 is 0 Å². The lowest BCUT2D eigenvalue weighted by atomic mass is 9.50. The average Bonchev–Trinajstić information content (AvgIpc) is 3.01. The summed E-state index contributed by atoms with van der Waals surface area (Å²) in [6, 6.07) is 0. The van der Waals surface area contributed by atoms with Gasteiger partial charge in [-0.15, -0.1) is 6.42 Å². The van der Waals surface area contributed by atoms with Gasteiger partial charge in [-0.2, -0.15) is 0 Å². The number of carbonyl (C=O) groups excluding carboxylic acids is 1. The molecule has 0 spiro atoms. The fourth-order valence-corrected chi connectivity index (χ4v) is 7.27. The van der Waals surface area contributed by atoms with E-state index in [-0.39, 0.29) is 11.4 Å². The van der Waals surface area contributed by atoms with Gasteiger partial charge in [0.05, 0.1) is 12.9 Å². The van der Waals surface area contributed by atoms with Crippen molar-refractivity contribution < 1.29 is 14.3 Å². The normalized spacial score (nSPS) is 42.6. The van der Waals surface area contributed by atoms with Crippen LogP contribution in [0.15, 0.2) is 23.5 Å². The molecular formula is C24H32O3. The van der Waals surface area contributed by atoms with Gasteiger partial charge in [0.25, 0.3) is 0 Å². The van der Waals surface area contributed by atoms with Crippen molar-refractivity contribution in [3.8, 4) is 12.3 Å². The number of hydrogen-bond donors (Lipinski definition) is 0. The van der Waals surface area contributed by atoms with Crippen molar-refractivity contribution in [1.29, 1.82) is 0 Å². The molecule has 0 heterocycles. The number of rotatable bonds is 3. The first-order valence-corrected chi connectivity index (χ1v) is 10.6. The molecule has 0 aromatic rings. The van der Waals surface area contributed by atoms with Gasteiger partial charge in [0.2, 0.25) is 0 Å². The maximum Gasteiger partial charge on any atom is 0.304 e. The van der Waals surface area contributed by atoms with E-state index < -0.39 is 5.60 Å². The zero-order valence-corrected chi connectivity index (χ0v) is 16.9. The second-order valence-electron chi connectivity index (χ2n) is 8.99. The molecule has 27 heavy (non-hydrogen) atoms. The molecule has 6 atom stereocenters. The van der Waals surface area contributed by atoms with Crippen molar-refractivity contribution in [2.75, 3.05) is 7.11 Å². The maximum absolute atomic E-state index is 11.9. The van der Waals surface area contributed by atoms with Crippen LogP contribution in [0, 0.1) is 41.4 Å². The predicted molar refractivity (Wildman–Crippen MR) is 106 cm³/mol. The van der Waals surface area contributed by atoms with Crippen LogP contribution in [0.1, 0.15) is 65.2 Å². The molecule has 0 aromatic heterocycles. The van der Waals surface area contributed by atoms with Gasteiger partial charge in [-0.3, -0.25) is 4.79 Å². The van der Waals surface area contributed by atoms with Crippen molar-refractivity contribution in [3.63, 3.8) is 0 Å². The second-order valence-corrected chi connectivity index (χ2v) is 8.99. The Morgan fingerprint density at radius 1 is 1.30 bits per heavy atom. The van der Waals surface area contributed by atoms with E-state index in [0.29, 0.717) is 17.8 Å². The summed E-state index contributed by atoms with van der Waals surface area (Å²) in [6.07, 6.45) is 19.3. The molecule has 0 aromatic carbocycles. The minimum atomic E-state index is -0.705. The summed E-state index contributed by atoms with van der Waals surface area (Å²) in [5.41, 5.74) is 0.731. The minimum Gasteiger partial charge on any atom is -0.501 e. The van der Waals surface area contributed by atoms with Crippen LogP contribution >= 0.6 is 0 Å². The molecule has 146 valence electrons. The zero-order chi connectivity index (χ0) is 19.2. The van der Waals surface area contributed by atoms with Gasteiger partial charge in [0.15, 0.2) is 5.60 Å². The quantitative estimate of drug-likeness (QED) is 0.518. The van der Waals surface area contributed by atoms with E-state index in [1.165, 1.54) is 25.3 Å². The fourth-order valence-electron chi connectivity index (χ4n) is 7.27. The largest absolute Gasteiger partial charge is 0.501 e. The zero-order valence-electron chi connectivity index (χ0n) is 16.9. The molecule has 0 N–H and O–H groups in total. The second kappa shape index (κ2) is 6.73. The van der Waals surface area contributed by atoms with E-state index in [4.69, 9.17) is 15.9 Å². The van der Waals surface area contributed by atoms with Crippen LogP contribution in [-0.4, -0.2) is 18.7 Å². The van der Waals surface area contributed by atoms with Gasteiger partial charge in [-0.05, 0) is 80.3 Å². The summed E-state index contributed by atoms with van der Waals surface area (Å²) in [5.74, 6) is 6.48. The monoisotopic (exact) mass is 368 g/mol. The molecule has 0 amide bonds. The first-order chi connectivity index (χ1) is 13.0. The third-order valence-electron chi connectivity index (χ3n) is 8.36. The smallest absolute Gasteiger partial charge is 0.304 e. The molecule has 0 bridgehead atoms. The Bertz CT molecular complexity index is 726. The van der Waals surface area contributed by atoms with Crippen LogP contribution in [0.4, 0.5) is 0 Å². The number of fused-ring (bicyclic) bond motifs is 5. The lowest BCUT2D eigenvalue weighted by Gasteiger charge is -2.55. The number of terminal acetylenes is 1. The molecule has 4 aliphatic carbocycles. The van der Waals surface area contributed by atoms with Gasteiger partial charge in [-0.25, -0.2) is 0 Å². The van der Waals surface area contributed by atoms with Crippen LogP contribution in [0.3, 0.4) is 0 Å². The van der Waals surface area contributed by atoms with Crippen molar-refractivity contribution in [2.45, 2.75) is 70.8 Å². The molecular weight excluding hydrogens is 336 g/mol. The van der Waals surface area contributed by atoms with Crippen LogP contribution in [-0.2, 0) is 14.3 Å². The number of hydrogen-bond acceptors (Lipinski definition) is 3. The number of methoxy groups -OCH3 is 1. The Hall–Kier alpha value is -1.69. The highest BCUT2D eigenvalue weighted by Crippen LogP contribution is 2.66. The van der Waals surface area contributed by atoms with Crippen molar-refractivity contribution in [1.82, 2.24) is 0 Å². The summed E-state index contributed by atoms with van der Waals surface area (Å²) in [6.45, 7) is 3.74. The standard InChI is InChI=1S/C24H32O3/c1-5-23-13-11-20-19-10-8-18(26-4)15-17(19)7-9-21(20)22(23)12-14-24(23,6-2)27-16(3)25/h2,7,15,19-22H,5,8-14H2,1,3-4H3/t19?,20?,21?,22?,23-,24-/m0/s1. The number of carbonyl (C=O) groups is 1. The molecule has 0 aliphatic heterocycles. The molecule has 0 saturated heterocycles. The highest BCUT2D eigenvalue weighted by Gasteiger charge is 2.65. The van der Waals surface area contributed by atoms with E-state index in [0.717, 1.165) is 50.2 Å². The Morgan fingerprint density at radius 3 is 2.78 bits per heavy atom. The SMILES string of the molecule is C#C[C@]1(OC(C)=O)CCC2C3CC=C4C=C(OC)CCC4C3CC[C@@]21CC. The Morgan fingerprint density at radius 2 is 2.11 bits per heavy atom. The lowest BCUT2D eigenvalue weighted by Crippen LogP contribution is -2.54. The molecule has 4 unspecified atom stereocenters. The van der Waals surface area contributed by atoms with Gasteiger partial charge >= 0.3 is 5.97 Å². The van der Waals surface area contributed by atoms with E-state index in [1.807, 2.05) is 0 Å². The van der Waals surface area contributed by atoms with Crippen molar-refractivity contribution in [3.05, 3.63) is 23.5 Å². The van der Waals surface area contributed by atoms with Gasteiger partial charge < -0.3 is 9.47 Å². The highest BCUT2D eigenvalue weighted by atomic mass is 16.6. The summed E-state index contributed by atoms with van der Waals surface area (Å²) in [7, 11) is 1.78. The molecule has 3 nitrogen and oxygen atoms in total. The molecule has 0 radical (unpaired) electrons. The minimum absolute atomic E-state index is 0.0534. The molecule has 4 rings (SSSR count). The van der Waals surface area contributed by atoms with Crippen LogP contribution in [0.2, 0.25) is 0 Å². The van der Waals surface area contributed by atoms with Crippen LogP contribution in [0.25, 0.3) is 0 Å². The van der Waals surface area contributed by atoms with Crippen molar-refractivity contribution in [2.24, 2.45) is 29.1 Å². The molecule has 2 fully saturated rings. The number of ether oxygens (including phenoxy) is 2. The van der Waals surface area contributed by atoms with Crippen LogP contribution in [0.5, 0.6) is 0 Å². The summed E-state index contributed by atoms with van der Waals surface area (Å²) < 4.78 is 11.4. The predicted octanol–water partition coefficient (Wildman–Crippen LogP) is 5.02. The number of esters is 1. The summed E-state index contributed by atoms with van der Waals surface area (Å²) in [4.78, 5) is 11.9. The average molecular weight is 369 g/mol. The fraction of sp³-hybridized carbons (Fsp3) is 0.708. The van der Waals surface area contributed by atoms with Gasteiger partial charge in [-0.1, -0.05) is 18.9 Å². The number of allylic oxidation sites excluding steroid dienone is 4. The Labute approximate surface area is 163 Å². The summed E-state index contributed by atoms with van der Waals surface area (Å²) >= 11 is 0. The third kappa shape index (κ3) is 2.59. The van der Waals surface area contributed by atoms with E-state index in [2.05, 4.69) is 25.0 Å². The van der Waals surface area contributed by atoms with Crippen molar-refractivity contribution >= 4 is 5.97 Å². The van der Waals surface area contributed by atoms with E-state index in [9.17, 15) is 4.79 Å². The first-order valence-electron chi connectivity index (χ1n) is 10.6. The third-order valence-corrected chi connectivity index (χ3v) is 8.36. The van der Waals surface area contributed by atoms with E-state index in [1.54, 1.807) is 7.11 Å². The first kappa shape index (κ1) is 18.7. The summed E-state index contributed by atoms with van der Waals surface area (Å²) in [5, 5.41) is 0. The Kier molecular flexibility index (Phi) is 4.65. The molecule has 3 heteroatoms. The Balaban J connectivity index is 1.68. The molecule has 4 aliphatic rings. The molecule has 2 saturated carbocycles. The maximum atomic E-state index is 11.9. The van der Waals surface area contributed by atoms with Crippen LogP contribution < -0.4 is 0 Å². The lowest BCUT2D eigenvalue weighted by molar-refractivity contribution is -0.170.